The molecule has 6 heteroatoms. The maximum Gasteiger partial charge on any atom is 0.285 e. The van der Waals surface area contributed by atoms with Gasteiger partial charge >= 0.3 is 0 Å². The van der Waals surface area contributed by atoms with Crippen molar-refractivity contribution in [3.05, 3.63) is 58.4 Å². The summed E-state index contributed by atoms with van der Waals surface area (Å²) in [7, 11) is -3.72. The summed E-state index contributed by atoms with van der Waals surface area (Å²) in [6, 6.07) is 12.9. The van der Waals surface area contributed by atoms with Crippen LogP contribution in [0.15, 0.2) is 51.8 Å². The van der Waals surface area contributed by atoms with Gasteiger partial charge in [-0.15, -0.1) is 4.40 Å². The molecule has 0 aliphatic rings. The van der Waals surface area contributed by atoms with Crippen molar-refractivity contribution in [3.63, 3.8) is 0 Å². The molecule has 0 aliphatic carbocycles. The van der Waals surface area contributed by atoms with Gasteiger partial charge in [-0.3, -0.25) is 0 Å². The quantitative estimate of drug-likeness (QED) is 0.709. The Hall–Kier alpha value is -1.92. The van der Waals surface area contributed by atoms with Crippen LogP contribution < -0.4 is 4.80 Å². The van der Waals surface area contributed by atoms with E-state index in [4.69, 9.17) is 0 Å². The van der Waals surface area contributed by atoms with Gasteiger partial charge in [0.15, 0.2) is 0 Å². The molecule has 0 N–H and O–H groups in total. The van der Waals surface area contributed by atoms with Crippen molar-refractivity contribution < 1.29 is 8.42 Å². The molecular formula is C18H20N2O2S2. The van der Waals surface area contributed by atoms with Crippen LogP contribution in [0.25, 0.3) is 10.2 Å². The van der Waals surface area contributed by atoms with E-state index in [1.54, 1.807) is 24.3 Å². The topological polar surface area (TPSA) is 51.4 Å². The lowest BCUT2D eigenvalue weighted by Crippen LogP contribution is -2.16. The molecule has 0 saturated heterocycles. The molecule has 0 radical (unpaired) electrons. The van der Waals surface area contributed by atoms with Crippen LogP contribution in [0.1, 0.15) is 25.0 Å². The summed E-state index contributed by atoms with van der Waals surface area (Å²) in [6.07, 6.45) is 0.901. The molecule has 1 heterocycles. The number of fused-ring (bicyclic) bond motifs is 1. The number of para-hydroxylation sites is 1. The SMILES string of the molecule is CCc1cccc2sc(=NS(=O)(=O)c3ccc(C)cc3)n(CC)c12. The fraction of sp³-hybridized carbons (Fsp3) is 0.278. The van der Waals surface area contributed by atoms with E-state index >= 15 is 0 Å². The summed E-state index contributed by atoms with van der Waals surface area (Å²) in [5.41, 5.74) is 3.32. The van der Waals surface area contributed by atoms with E-state index in [-0.39, 0.29) is 4.90 Å². The van der Waals surface area contributed by atoms with Gasteiger partial charge in [0.1, 0.15) is 0 Å². The van der Waals surface area contributed by atoms with E-state index in [0.29, 0.717) is 11.3 Å². The van der Waals surface area contributed by atoms with E-state index in [9.17, 15) is 8.42 Å². The molecule has 0 amide bonds. The summed E-state index contributed by atoms with van der Waals surface area (Å²) in [5.74, 6) is 0. The number of hydrogen-bond donors (Lipinski definition) is 0. The lowest BCUT2D eigenvalue weighted by molar-refractivity contribution is 0.595. The summed E-state index contributed by atoms with van der Waals surface area (Å²) in [5, 5.41) is 0. The van der Waals surface area contributed by atoms with E-state index in [1.807, 2.05) is 30.5 Å². The smallest absolute Gasteiger partial charge is 0.285 e. The minimum atomic E-state index is -3.72. The molecular weight excluding hydrogens is 340 g/mol. The molecule has 1 aromatic heterocycles. The van der Waals surface area contributed by atoms with Gasteiger partial charge in [0.05, 0.1) is 15.1 Å². The Kier molecular flexibility index (Phi) is 4.60. The number of aryl methyl sites for hydroxylation is 3. The van der Waals surface area contributed by atoms with Crippen LogP contribution in [0, 0.1) is 6.92 Å². The standard InChI is InChI=1S/C18H20N2O2S2/c1-4-14-7-6-8-16-17(14)20(5-2)18(23-16)19-24(21,22)15-11-9-13(3)10-12-15/h6-12H,4-5H2,1-3H3. The van der Waals surface area contributed by atoms with Crippen LogP contribution in [0.3, 0.4) is 0 Å². The maximum absolute atomic E-state index is 12.6. The number of sulfonamides is 1. The normalized spacial score (nSPS) is 12.9. The lowest BCUT2D eigenvalue weighted by Gasteiger charge is -2.05. The molecule has 0 saturated carbocycles. The van der Waals surface area contributed by atoms with Gasteiger partial charge < -0.3 is 4.57 Å². The zero-order valence-electron chi connectivity index (χ0n) is 14.0. The van der Waals surface area contributed by atoms with Crippen molar-refractivity contribution in [2.75, 3.05) is 0 Å². The second-order valence-corrected chi connectivity index (χ2v) is 8.24. The maximum atomic E-state index is 12.6. The highest BCUT2D eigenvalue weighted by atomic mass is 32.2. The number of aromatic nitrogens is 1. The zero-order chi connectivity index (χ0) is 17.3. The molecule has 0 bridgehead atoms. The van der Waals surface area contributed by atoms with Crippen LogP contribution in [0.4, 0.5) is 0 Å². The number of nitrogens with zero attached hydrogens (tertiary/aromatic N) is 2. The lowest BCUT2D eigenvalue weighted by atomic mass is 10.1. The van der Waals surface area contributed by atoms with Crippen molar-refractivity contribution in [1.29, 1.82) is 0 Å². The van der Waals surface area contributed by atoms with E-state index in [2.05, 4.69) is 17.4 Å². The highest BCUT2D eigenvalue weighted by Crippen LogP contribution is 2.22. The third-order valence-electron chi connectivity index (χ3n) is 4.00. The highest BCUT2D eigenvalue weighted by molar-refractivity contribution is 7.90. The second-order valence-electron chi connectivity index (χ2n) is 5.63. The van der Waals surface area contributed by atoms with Crippen LogP contribution in [0.5, 0.6) is 0 Å². The number of benzene rings is 2. The number of hydrogen-bond acceptors (Lipinski definition) is 3. The van der Waals surface area contributed by atoms with Gasteiger partial charge in [0.25, 0.3) is 10.0 Å². The van der Waals surface area contributed by atoms with Gasteiger partial charge in [-0.2, -0.15) is 8.42 Å². The van der Waals surface area contributed by atoms with Gasteiger partial charge in [0, 0.05) is 6.54 Å². The molecule has 3 rings (SSSR count). The van der Waals surface area contributed by atoms with Crippen LogP contribution >= 0.6 is 11.3 Å². The average Bonchev–Trinajstić information content (AvgIpc) is 2.91. The Morgan fingerprint density at radius 1 is 1.08 bits per heavy atom. The molecule has 0 aliphatic heterocycles. The Morgan fingerprint density at radius 2 is 1.79 bits per heavy atom. The summed E-state index contributed by atoms with van der Waals surface area (Å²) in [4.78, 5) is 0.748. The molecule has 4 nitrogen and oxygen atoms in total. The van der Waals surface area contributed by atoms with Gasteiger partial charge in [-0.05, 0) is 44.0 Å². The summed E-state index contributed by atoms with van der Waals surface area (Å²) >= 11 is 1.42. The molecule has 0 spiro atoms. The van der Waals surface area contributed by atoms with E-state index in [0.717, 1.165) is 22.2 Å². The minimum absolute atomic E-state index is 0.226. The van der Waals surface area contributed by atoms with E-state index in [1.165, 1.54) is 16.9 Å². The van der Waals surface area contributed by atoms with Crippen molar-refractivity contribution in [3.8, 4) is 0 Å². The van der Waals surface area contributed by atoms with Crippen molar-refractivity contribution in [2.24, 2.45) is 4.40 Å². The number of thiazole rings is 1. The van der Waals surface area contributed by atoms with Crippen molar-refractivity contribution in [2.45, 2.75) is 38.6 Å². The number of rotatable bonds is 4. The van der Waals surface area contributed by atoms with Crippen LogP contribution in [0.2, 0.25) is 0 Å². The monoisotopic (exact) mass is 360 g/mol. The molecule has 0 unspecified atom stereocenters. The fourth-order valence-electron chi connectivity index (χ4n) is 2.72. The zero-order valence-corrected chi connectivity index (χ0v) is 15.6. The van der Waals surface area contributed by atoms with Gasteiger partial charge in [0.2, 0.25) is 4.80 Å². The molecule has 24 heavy (non-hydrogen) atoms. The van der Waals surface area contributed by atoms with Gasteiger partial charge in [-0.25, -0.2) is 0 Å². The first-order valence-electron chi connectivity index (χ1n) is 7.95. The predicted octanol–water partition coefficient (Wildman–Crippen LogP) is 3.88. The first-order chi connectivity index (χ1) is 11.5. The van der Waals surface area contributed by atoms with Crippen LogP contribution in [-0.2, 0) is 23.0 Å². The predicted molar refractivity (Wildman–Crippen MR) is 98.8 cm³/mol. The Bertz CT molecular complexity index is 1040. The Labute approximate surface area is 146 Å². The first kappa shape index (κ1) is 16.9. The van der Waals surface area contributed by atoms with Gasteiger partial charge in [-0.1, -0.05) is 48.1 Å². The Morgan fingerprint density at radius 3 is 2.42 bits per heavy atom. The first-order valence-corrected chi connectivity index (χ1v) is 10.2. The molecule has 3 aromatic rings. The average molecular weight is 361 g/mol. The summed E-state index contributed by atoms with van der Waals surface area (Å²) in [6.45, 7) is 6.72. The summed E-state index contributed by atoms with van der Waals surface area (Å²) < 4.78 is 32.5. The largest absolute Gasteiger partial charge is 0.316 e. The molecule has 0 fully saturated rings. The van der Waals surface area contributed by atoms with Crippen molar-refractivity contribution >= 4 is 31.6 Å². The van der Waals surface area contributed by atoms with Crippen LogP contribution in [-0.4, -0.2) is 13.0 Å². The molecule has 2 aromatic carbocycles. The third-order valence-corrected chi connectivity index (χ3v) is 6.44. The molecule has 126 valence electrons. The minimum Gasteiger partial charge on any atom is -0.316 e. The van der Waals surface area contributed by atoms with Crippen molar-refractivity contribution in [1.82, 2.24) is 4.57 Å². The molecule has 0 atom stereocenters. The second kappa shape index (κ2) is 6.53. The highest BCUT2D eigenvalue weighted by Gasteiger charge is 2.15. The fourth-order valence-corrected chi connectivity index (χ4v) is 5.06. The third kappa shape index (κ3) is 3.03. The van der Waals surface area contributed by atoms with E-state index < -0.39 is 10.0 Å². The Balaban J connectivity index is 2.25.